The second kappa shape index (κ2) is 8.50. The molecule has 0 spiro atoms. The van der Waals surface area contributed by atoms with Crippen molar-refractivity contribution < 1.29 is 9.53 Å². The third kappa shape index (κ3) is 4.53. The van der Waals surface area contributed by atoms with Gasteiger partial charge in [0.2, 0.25) is 0 Å². The second-order valence-corrected chi connectivity index (χ2v) is 7.63. The van der Waals surface area contributed by atoms with E-state index in [-0.39, 0.29) is 11.4 Å². The monoisotopic (exact) mass is 353 g/mol. The zero-order chi connectivity index (χ0) is 19.3. The minimum absolute atomic E-state index is 0.00378. The Morgan fingerprint density at radius 2 is 1.65 bits per heavy atom. The first kappa shape index (κ1) is 20.2. The van der Waals surface area contributed by atoms with E-state index in [1.165, 1.54) is 12.7 Å². The minimum Gasteiger partial charge on any atom is -0.465 e. The first-order valence-corrected chi connectivity index (χ1v) is 9.35. The van der Waals surface area contributed by atoms with Crippen LogP contribution in [0.15, 0.2) is 42.5 Å². The highest BCUT2D eigenvalue weighted by Gasteiger charge is 2.24. The van der Waals surface area contributed by atoms with Crippen LogP contribution in [0.1, 0.15) is 56.1 Å². The van der Waals surface area contributed by atoms with E-state index in [9.17, 15) is 4.79 Å². The summed E-state index contributed by atoms with van der Waals surface area (Å²) in [6.45, 7) is 13.5. The standard InChI is InChI=1S/C23H31NO2/c1-7-24(8-2)16-18-14-19(23(3,4)5)15-20(21(18)22(25)26-6)17-12-10-9-11-13-17/h9-15H,7-8,16H2,1-6H3. The van der Waals surface area contributed by atoms with E-state index >= 15 is 0 Å². The third-order valence-corrected chi connectivity index (χ3v) is 4.85. The Morgan fingerprint density at radius 3 is 2.15 bits per heavy atom. The maximum absolute atomic E-state index is 12.7. The van der Waals surface area contributed by atoms with E-state index in [4.69, 9.17) is 4.74 Å². The van der Waals surface area contributed by atoms with Crippen LogP contribution in [0, 0.1) is 0 Å². The lowest BCUT2D eigenvalue weighted by atomic mass is 9.82. The number of hydrogen-bond acceptors (Lipinski definition) is 3. The predicted octanol–water partition coefficient (Wildman–Crippen LogP) is 5.28. The van der Waals surface area contributed by atoms with Crippen molar-refractivity contribution in [3.8, 4) is 11.1 Å². The highest BCUT2D eigenvalue weighted by molar-refractivity contribution is 5.99. The summed E-state index contributed by atoms with van der Waals surface area (Å²) in [7, 11) is 1.45. The zero-order valence-electron chi connectivity index (χ0n) is 16.9. The van der Waals surface area contributed by atoms with Crippen LogP contribution in [0.25, 0.3) is 11.1 Å². The molecular formula is C23H31NO2. The van der Waals surface area contributed by atoms with Gasteiger partial charge in [-0.2, -0.15) is 0 Å². The highest BCUT2D eigenvalue weighted by Crippen LogP contribution is 2.34. The van der Waals surface area contributed by atoms with Crippen LogP contribution in [-0.4, -0.2) is 31.1 Å². The largest absolute Gasteiger partial charge is 0.465 e. The summed E-state index contributed by atoms with van der Waals surface area (Å²) in [5.74, 6) is -0.272. The van der Waals surface area contributed by atoms with Crippen molar-refractivity contribution in [2.45, 2.75) is 46.6 Å². The minimum atomic E-state index is -0.272. The summed E-state index contributed by atoms with van der Waals surface area (Å²) in [5, 5.41) is 0. The number of hydrogen-bond donors (Lipinski definition) is 0. The first-order valence-electron chi connectivity index (χ1n) is 9.35. The molecule has 0 atom stereocenters. The average molecular weight is 354 g/mol. The Labute approximate surface area is 158 Å². The van der Waals surface area contributed by atoms with Gasteiger partial charge in [-0.25, -0.2) is 4.79 Å². The van der Waals surface area contributed by atoms with E-state index in [0.717, 1.165) is 36.3 Å². The predicted molar refractivity (Wildman–Crippen MR) is 109 cm³/mol. The number of rotatable bonds is 6. The lowest BCUT2D eigenvalue weighted by molar-refractivity contribution is 0.0599. The lowest BCUT2D eigenvalue weighted by Crippen LogP contribution is -2.25. The summed E-state index contributed by atoms with van der Waals surface area (Å²) in [4.78, 5) is 15.0. The van der Waals surface area contributed by atoms with Crippen LogP contribution in [-0.2, 0) is 16.7 Å². The van der Waals surface area contributed by atoms with E-state index < -0.39 is 0 Å². The maximum atomic E-state index is 12.7. The molecule has 0 unspecified atom stereocenters. The van der Waals surface area contributed by atoms with Gasteiger partial charge >= 0.3 is 5.97 Å². The fraction of sp³-hybridized carbons (Fsp3) is 0.435. The fourth-order valence-electron chi connectivity index (χ4n) is 3.14. The number of ether oxygens (including phenoxy) is 1. The van der Waals surface area contributed by atoms with Crippen molar-refractivity contribution in [1.82, 2.24) is 4.90 Å². The molecule has 0 aliphatic rings. The summed E-state index contributed by atoms with van der Waals surface area (Å²) < 4.78 is 5.16. The van der Waals surface area contributed by atoms with Gasteiger partial charge < -0.3 is 4.74 Å². The molecule has 0 radical (unpaired) electrons. The molecule has 0 saturated heterocycles. The van der Waals surface area contributed by atoms with E-state index in [2.05, 4.69) is 63.8 Å². The number of nitrogens with zero attached hydrogens (tertiary/aromatic N) is 1. The van der Waals surface area contributed by atoms with Gasteiger partial charge in [0.05, 0.1) is 12.7 Å². The van der Waals surface area contributed by atoms with Crippen molar-refractivity contribution in [3.63, 3.8) is 0 Å². The molecule has 3 nitrogen and oxygen atoms in total. The van der Waals surface area contributed by atoms with Crippen LogP contribution in [0.5, 0.6) is 0 Å². The van der Waals surface area contributed by atoms with Crippen LogP contribution in [0.4, 0.5) is 0 Å². The quantitative estimate of drug-likeness (QED) is 0.662. The number of carbonyl (C=O) groups excluding carboxylic acids is 1. The Kier molecular flexibility index (Phi) is 6.60. The highest BCUT2D eigenvalue weighted by atomic mass is 16.5. The topological polar surface area (TPSA) is 29.5 Å². The van der Waals surface area contributed by atoms with Crippen molar-refractivity contribution in [2.75, 3.05) is 20.2 Å². The summed E-state index contributed by atoms with van der Waals surface area (Å²) in [5.41, 5.74) is 4.93. The third-order valence-electron chi connectivity index (χ3n) is 4.85. The smallest absolute Gasteiger partial charge is 0.338 e. The SMILES string of the molecule is CCN(CC)Cc1cc(C(C)(C)C)cc(-c2ccccc2)c1C(=O)OC. The van der Waals surface area contributed by atoms with Gasteiger partial charge in [0.1, 0.15) is 0 Å². The molecule has 0 saturated carbocycles. The Bertz CT molecular complexity index is 741. The molecule has 26 heavy (non-hydrogen) atoms. The van der Waals surface area contributed by atoms with Gasteiger partial charge in [-0.3, -0.25) is 4.90 Å². The number of benzene rings is 2. The van der Waals surface area contributed by atoms with Crippen molar-refractivity contribution >= 4 is 5.97 Å². The average Bonchev–Trinajstić information content (AvgIpc) is 2.64. The normalized spacial score (nSPS) is 11.7. The Balaban J connectivity index is 2.76. The van der Waals surface area contributed by atoms with Crippen LogP contribution in [0.2, 0.25) is 0 Å². The van der Waals surface area contributed by atoms with Gasteiger partial charge in [-0.15, -0.1) is 0 Å². The maximum Gasteiger partial charge on any atom is 0.338 e. The molecule has 140 valence electrons. The van der Waals surface area contributed by atoms with Gasteiger partial charge in [-0.1, -0.05) is 71.0 Å². The van der Waals surface area contributed by atoms with Crippen molar-refractivity contribution in [1.29, 1.82) is 0 Å². The first-order chi connectivity index (χ1) is 12.3. The molecule has 2 aromatic rings. The number of carbonyl (C=O) groups is 1. The van der Waals surface area contributed by atoms with E-state index in [1.54, 1.807) is 0 Å². The summed E-state index contributed by atoms with van der Waals surface area (Å²) in [6, 6.07) is 14.4. The van der Waals surface area contributed by atoms with Gasteiger partial charge in [-0.05, 0) is 46.8 Å². The molecule has 0 aliphatic carbocycles. The molecule has 0 N–H and O–H groups in total. The summed E-state index contributed by atoms with van der Waals surface area (Å²) >= 11 is 0. The number of methoxy groups -OCH3 is 1. The van der Waals surface area contributed by atoms with Crippen molar-refractivity contribution in [3.05, 3.63) is 59.2 Å². The van der Waals surface area contributed by atoms with Gasteiger partial charge in [0.25, 0.3) is 0 Å². The Morgan fingerprint density at radius 1 is 1.04 bits per heavy atom. The van der Waals surface area contributed by atoms with Crippen LogP contribution >= 0.6 is 0 Å². The molecular weight excluding hydrogens is 322 g/mol. The number of esters is 1. The molecule has 0 fully saturated rings. The van der Waals surface area contributed by atoms with Gasteiger partial charge in [0.15, 0.2) is 0 Å². The summed E-state index contributed by atoms with van der Waals surface area (Å²) in [6.07, 6.45) is 0. The molecule has 0 aromatic heterocycles. The van der Waals surface area contributed by atoms with E-state index in [1.807, 2.05) is 18.2 Å². The second-order valence-electron chi connectivity index (χ2n) is 7.63. The van der Waals surface area contributed by atoms with Gasteiger partial charge in [0, 0.05) is 6.54 Å². The molecule has 0 amide bonds. The van der Waals surface area contributed by atoms with Crippen molar-refractivity contribution in [2.24, 2.45) is 0 Å². The fourth-order valence-corrected chi connectivity index (χ4v) is 3.14. The zero-order valence-corrected chi connectivity index (χ0v) is 16.9. The Hall–Kier alpha value is -2.13. The molecule has 0 heterocycles. The molecule has 3 heteroatoms. The lowest BCUT2D eigenvalue weighted by Gasteiger charge is -2.26. The van der Waals surface area contributed by atoms with Crippen LogP contribution in [0.3, 0.4) is 0 Å². The molecule has 2 aromatic carbocycles. The molecule has 0 aliphatic heterocycles. The molecule has 2 rings (SSSR count). The van der Waals surface area contributed by atoms with E-state index in [0.29, 0.717) is 5.56 Å². The van der Waals surface area contributed by atoms with Crippen LogP contribution < -0.4 is 0 Å². The molecule has 0 bridgehead atoms.